The van der Waals surface area contributed by atoms with Crippen molar-refractivity contribution in [2.75, 3.05) is 6.61 Å². The average Bonchev–Trinajstić information content (AvgIpc) is 2.70. The van der Waals surface area contributed by atoms with E-state index < -0.39 is 29.7 Å². The van der Waals surface area contributed by atoms with E-state index in [2.05, 4.69) is 0 Å². The molecule has 0 N–H and O–H groups in total. The maximum Gasteiger partial charge on any atom is 0.411 e. The summed E-state index contributed by atoms with van der Waals surface area (Å²) in [5.41, 5.74) is -0.674. The van der Waals surface area contributed by atoms with Crippen LogP contribution in [0.5, 0.6) is 0 Å². The molecule has 1 heterocycles. The second-order valence-electron chi connectivity index (χ2n) is 5.44. The van der Waals surface area contributed by atoms with E-state index in [0.717, 1.165) is 0 Å². The summed E-state index contributed by atoms with van der Waals surface area (Å²) in [5, 5.41) is 0. The van der Waals surface area contributed by atoms with Gasteiger partial charge in [-0.3, -0.25) is 4.90 Å². The molecule has 0 aliphatic carbocycles. The number of nitrogens with zero attached hydrogens (tertiary/aromatic N) is 1. The van der Waals surface area contributed by atoms with Crippen molar-refractivity contribution in [1.29, 1.82) is 0 Å². The van der Waals surface area contributed by atoms with Gasteiger partial charge in [-0.2, -0.15) is 0 Å². The Bertz CT molecular complexity index is 361. The van der Waals surface area contributed by atoms with Crippen LogP contribution in [0.15, 0.2) is 0 Å². The van der Waals surface area contributed by atoms with Crippen molar-refractivity contribution in [3.63, 3.8) is 0 Å². The number of ether oxygens (including phenoxy) is 2. The van der Waals surface area contributed by atoms with E-state index in [1.807, 2.05) is 0 Å². The van der Waals surface area contributed by atoms with Crippen LogP contribution >= 0.6 is 0 Å². The van der Waals surface area contributed by atoms with Gasteiger partial charge in [-0.1, -0.05) is 0 Å². The van der Waals surface area contributed by atoms with Gasteiger partial charge in [0.1, 0.15) is 17.9 Å². The summed E-state index contributed by atoms with van der Waals surface area (Å²) in [4.78, 5) is 36.1. The lowest BCUT2D eigenvalue weighted by Crippen LogP contribution is -2.48. The number of aldehydes is 1. The van der Waals surface area contributed by atoms with Gasteiger partial charge in [0.15, 0.2) is 0 Å². The lowest BCUT2D eigenvalue weighted by molar-refractivity contribution is -0.148. The van der Waals surface area contributed by atoms with Crippen LogP contribution in [0.3, 0.4) is 0 Å². The van der Waals surface area contributed by atoms with Crippen molar-refractivity contribution in [1.82, 2.24) is 4.90 Å². The molecule has 108 valence electrons. The summed E-state index contributed by atoms with van der Waals surface area (Å²) in [7, 11) is 0. The SMILES string of the molecule is CCOC(=O)[C@@H]1CC[C@H](C=O)N1C(=O)OC(C)(C)C. The Hall–Kier alpha value is -1.59. The maximum absolute atomic E-state index is 12.1. The van der Waals surface area contributed by atoms with E-state index in [1.54, 1.807) is 27.7 Å². The van der Waals surface area contributed by atoms with Crippen molar-refractivity contribution < 1.29 is 23.9 Å². The zero-order chi connectivity index (χ0) is 14.6. The molecule has 0 unspecified atom stereocenters. The molecular weight excluding hydrogens is 250 g/mol. The van der Waals surface area contributed by atoms with Crippen LogP contribution < -0.4 is 0 Å². The van der Waals surface area contributed by atoms with Crippen molar-refractivity contribution in [3.05, 3.63) is 0 Å². The molecule has 0 saturated carbocycles. The molecule has 0 spiro atoms. The Kier molecular flexibility index (Phi) is 4.91. The number of hydrogen-bond donors (Lipinski definition) is 0. The number of carbonyl (C=O) groups excluding carboxylic acids is 3. The van der Waals surface area contributed by atoms with Crippen molar-refractivity contribution >= 4 is 18.3 Å². The van der Waals surface area contributed by atoms with Gasteiger partial charge < -0.3 is 14.3 Å². The number of rotatable bonds is 3. The lowest BCUT2D eigenvalue weighted by Gasteiger charge is -2.29. The monoisotopic (exact) mass is 271 g/mol. The van der Waals surface area contributed by atoms with Crippen molar-refractivity contribution in [2.24, 2.45) is 0 Å². The number of carbonyl (C=O) groups is 3. The molecule has 19 heavy (non-hydrogen) atoms. The van der Waals surface area contributed by atoms with Gasteiger partial charge in [-0.05, 0) is 40.5 Å². The standard InChI is InChI=1S/C13H21NO5/c1-5-18-11(16)10-7-6-9(8-15)14(10)12(17)19-13(2,3)4/h8-10H,5-7H2,1-4H3/t9-,10+/m1/s1. The third kappa shape index (κ3) is 3.94. The smallest absolute Gasteiger partial charge is 0.411 e. The van der Waals surface area contributed by atoms with Gasteiger partial charge in [0.05, 0.1) is 12.6 Å². The highest BCUT2D eigenvalue weighted by Crippen LogP contribution is 2.26. The highest BCUT2D eigenvalue weighted by molar-refractivity contribution is 5.85. The number of amides is 1. The van der Waals surface area contributed by atoms with Gasteiger partial charge in [0, 0.05) is 0 Å². The molecule has 1 fully saturated rings. The summed E-state index contributed by atoms with van der Waals surface area (Å²) >= 11 is 0. The molecule has 0 aromatic heterocycles. The number of hydrogen-bond acceptors (Lipinski definition) is 5. The Labute approximate surface area is 113 Å². The largest absolute Gasteiger partial charge is 0.464 e. The Morgan fingerprint density at radius 1 is 1.32 bits per heavy atom. The van der Waals surface area contributed by atoms with E-state index >= 15 is 0 Å². The number of esters is 1. The summed E-state index contributed by atoms with van der Waals surface area (Å²) < 4.78 is 10.2. The maximum atomic E-state index is 12.1. The Morgan fingerprint density at radius 2 is 1.95 bits per heavy atom. The summed E-state index contributed by atoms with van der Waals surface area (Å²) in [6.45, 7) is 7.13. The molecule has 0 aromatic carbocycles. The molecule has 0 aromatic rings. The fraction of sp³-hybridized carbons (Fsp3) is 0.769. The molecule has 1 aliphatic rings. The highest BCUT2D eigenvalue weighted by Gasteiger charge is 2.43. The van der Waals surface area contributed by atoms with E-state index in [1.165, 1.54) is 4.90 Å². The second-order valence-corrected chi connectivity index (χ2v) is 5.44. The predicted molar refractivity (Wildman–Crippen MR) is 67.6 cm³/mol. The van der Waals surface area contributed by atoms with Gasteiger partial charge in [0.2, 0.25) is 0 Å². The fourth-order valence-electron chi connectivity index (χ4n) is 2.02. The number of likely N-dealkylation sites (tertiary alicyclic amines) is 1. The zero-order valence-electron chi connectivity index (χ0n) is 11.8. The van der Waals surface area contributed by atoms with Crippen molar-refractivity contribution in [2.45, 2.75) is 58.2 Å². The van der Waals surface area contributed by atoms with Crippen LogP contribution in [0.1, 0.15) is 40.5 Å². The first-order chi connectivity index (χ1) is 8.80. The summed E-state index contributed by atoms with van der Waals surface area (Å²) in [6, 6.07) is -1.35. The molecule has 6 heteroatoms. The molecule has 1 aliphatic heterocycles. The van der Waals surface area contributed by atoms with E-state index in [-0.39, 0.29) is 6.61 Å². The minimum Gasteiger partial charge on any atom is -0.464 e. The van der Waals surface area contributed by atoms with Gasteiger partial charge in [-0.25, -0.2) is 9.59 Å². The minimum absolute atomic E-state index is 0.239. The topological polar surface area (TPSA) is 72.9 Å². The summed E-state index contributed by atoms with van der Waals surface area (Å²) in [5.74, 6) is -0.488. The normalized spacial score (nSPS) is 23.1. The van der Waals surface area contributed by atoms with Crippen LogP contribution in [0.25, 0.3) is 0 Å². The van der Waals surface area contributed by atoms with Crippen LogP contribution in [0.4, 0.5) is 4.79 Å². The molecule has 6 nitrogen and oxygen atoms in total. The summed E-state index contributed by atoms with van der Waals surface area (Å²) in [6.07, 6.45) is 0.886. The van der Waals surface area contributed by atoms with Gasteiger partial charge >= 0.3 is 12.1 Å². The van der Waals surface area contributed by atoms with Crippen molar-refractivity contribution in [3.8, 4) is 0 Å². The van der Waals surface area contributed by atoms with Gasteiger partial charge in [0.25, 0.3) is 0 Å². The Balaban J connectivity index is 2.85. The van der Waals surface area contributed by atoms with Crippen LogP contribution in [-0.4, -0.2) is 47.5 Å². The highest BCUT2D eigenvalue weighted by atomic mass is 16.6. The third-order valence-electron chi connectivity index (χ3n) is 2.75. The molecule has 1 amide bonds. The third-order valence-corrected chi connectivity index (χ3v) is 2.75. The van der Waals surface area contributed by atoms with Crippen LogP contribution in [-0.2, 0) is 19.1 Å². The molecule has 1 rings (SSSR count). The molecule has 0 bridgehead atoms. The molecule has 0 radical (unpaired) electrons. The van der Waals surface area contributed by atoms with Crippen LogP contribution in [0, 0.1) is 0 Å². The fourth-order valence-corrected chi connectivity index (χ4v) is 2.02. The first-order valence-electron chi connectivity index (χ1n) is 6.43. The lowest BCUT2D eigenvalue weighted by atomic mass is 10.2. The minimum atomic E-state index is -0.731. The molecule has 2 atom stereocenters. The van der Waals surface area contributed by atoms with E-state index in [0.29, 0.717) is 19.1 Å². The Morgan fingerprint density at radius 3 is 2.42 bits per heavy atom. The first kappa shape index (κ1) is 15.5. The first-order valence-corrected chi connectivity index (χ1v) is 6.43. The quantitative estimate of drug-likeness (QED) is 0.574. The van der Waals surface area contributed by atoms with E-state index in [9.17, 15) is 14.4 Å². The zero-order valence-corrected chi connectivity index (χ0v) is 11.8. The second kappa shape index (κ2) is 6.04. The van der Waals surface area contributed by atoms with Gasteiger partial charge in [-0.15, -0.1) is 0 Å². The molecular formula is C13H21NO5. The average molecular weight is 271 g/mol. The van der Waals surface area contributed by atoms with E-state index in [4.69, 9.17) is 9.47 Å². The molecule has 1 saturated heterocycles. The predicted octanol–water partition coefficient (Wildman–Crippen LogP) is 1.52. The van der Waals surface area contributed by atoms with Crippen LogP contribution in [0.2, 0.25) is 0 Å².